The van der Waals surface area contributed by atoms with Gasteiger partial charge in [-0.2, -0.15) is 5.10 Å². The third-order valence-corrected chi connectivity index (χ3v) is 5.61. The number of aromatic nitrogens is 3. The fourth-order valence-electron chi connectivity index (χ4n) is 3.29. The zero-order chi connectivity index (χ0) is 20.1. The van der Waals surface area contributed by atoms with Crippen LogP contribution in [0.15, 0.2) is 37.2 Å². The lowest BCUT2D eigenvalue weighted by Crippen LogP contribution is -2.49. The lowest BCUT2D eigenvalue weighted by molar-refractivity contribution is -0.117. The quantitative estimate of drug-likeness (QED) is 0.571. The van der Waals surface area contributed by atoms with Gasteiger partial charge in [-0.1, -0.05) is 18.2 Å². The summed E-state index contributed by atoms with van der Waals surface area (Å²) in [6, 6.07) is 5.97. The van der Waals surface area contributed by atoms with Gasteiger partial charge in [0.15, 0.2) is 4.77 Å². The first-order valence-corrected chi connectivity index (χ1v) is 9.92. The van der Waals surface area contributed by atoms with Crippen molar-refractivity contribution in [3.05, 3.63) is 53.1 Å². The summed E-state index contributed by atoms with van der Waals surface area (Å²) in [7, 11) is 0. The number of benzene rings is 1. The smallest absolute Gasteiger partial charge is 0.238 e. The fourth-order valence-corrected chi connectivity index (χ4v) is 3.52. The van der Waals surface area contributed by atoms with Gasteiger partial charge in [0.05, 0.1) is 13.2 Å². The van der Waals surface area contributed by atoms with Crippen molar-refractivity contribution in [1.29, 1.82) is 0 Å². The molecule has 28 heavy (non-hydrogen) atoms. The summed E-state index contributed by atoms with van der Waals surface area (Å²) in [5, 5.41) is 7.40. The van der Waals surface area contributed by atoms with Crippen molar-refractivity contribution in [2.45, 2.75) is 27.1 Å². The number of anilines is 1. The summed E-state index contributed by atoms with van der Waals surface area (Å²) in [4.78, 5) is 16.9. The maximum atomic E-state index is 12.4. The molecule has 2 aromatic rings. The Labute approximate surface area is 171 Å². The van der Waals surface area contributed by atoms with Crippen molar-refractivity contribution in [3.8, 4) is 0 Å². The molecule has 7 nitrogen and oxygen atoms in total. The summed E-state index contributed by atoms with van der Waals surface area (Å²) >= 11 is 5.45. The molecular formula is C20H28N6OS. The molecule has 1 N–H and O–H groups in total. The number of amides is 1. The van der Waals surface area contributed by atoms with Gasteiger partial charge in [0, 0.05) is 38.4 Å². The Bertz CT molecular complexity index is 894. The summed E-state index contributed by atoms with van der Waals surface area (Å²) in [6.45, 7) is 13.0. The molecule has 1 fully saturated rings. The first-order chi connectivity index (χ1) is 13.5. The maximum absolute atomic E-state index is 12.4. The third-order valence-electron chi connectivity index (χ3n) is 5.17. The number of carbonyl (C=O) groups excluding carboxylic acids is 1. The van der Waals surface area contributed by atoms with Crippen LogP contribution in [-0.2, 0) is 18.0 Å². The van der Waals surface area contributed by atoms with Gasteiger partial charge in [-0.05, 0) is 43.3 Å². The monoisotopic (exact) mass is 400 g/mol. The van der Waals surface area contributed by atoms with Crippen LogP contribution in [0.1, 0.15) is 11.1 Å². The van der Waals surface area contributed by atoms with E-state index in [-0.39, 0.29) is 5.91 Å². The van der Waals surface area contributed by atoms with Crippen molar-refractivity contribution >= 4 is 23.8 Å². The number of nitrogens with one attached hydrogen (secondary N) is 1. The number of piperazine rings is 1. The lowest BCUT2D eigenvalue weighted by atomic mass is 10.1. The highest BCUT2D eigenvalue weighted by molar-refractivity contribution is 7.71. The van der Waals surface area contributed by atoms with E-state index < -0.39 is 0 Å². The second-order valence-corrected chi connectivity index (χ2v) is 7.55. The van der Waals surface area contributed by atoms with E-state index in [1.807, 2.05) is 34.4 Å². The second kappa shape index (κ2) is 9.27. The predicted molar refractivity (Wildman–Crippen MR) is 114 cm³/mol. The van der Waals surface area contributed by atoms with Gasteiger partial charge in [-0.15, -0.1) is 6.58 Å². The van der Waals surface area contributed by atoms with Gasteiger partial charge < -0.3 is 9.88 Å². The molecule has 1 aromatic carbocycles. The largest absolute Gasteiger partial charge is 0.325 e. The maximum Gasteiger partial charge on any atom is 0.238 e. The topological polar surface area (TPSA) is 58.3 Å². The predicted octanol–water partition coefficient (Wildman–Crippen LogP) is 2.43. The molecule has 1 saturated heterocycles. The van der Waals surface area contributed by atoms with Crippen LogP contribution >= 0.6 is 12.2 Å². The molecule has 8 heteroatoms. The second-order valence-electron chi connectivity index (χ2n) is 7.19. The molecule has 0 saturated carbocycles. The molecule has 3 rings (SSSR count). The third kappa shape index (κ3) is 4.95. The van der Waals surface area contributed by atoms with Crippen LogP contribution in [0.2, 0.25) is 0 Å². The van der Waals surface area contributed by atoms with E-state index in [0.717, 1.165) is 37.4 Å². The van der Waals surface area contributed by atoms with Crippen molar-refractivity contribution in [2.75, 3.05) is 38.0 Å². The number of allylic oxidation sites excluding steroid dienone is 1. The Kier molecular flexibility index (Phi) is 6.77. The molecule has 0 atom stereocenters. The van der Waals surface area contributed by atoms with Crippen LogP contribution in [0.4, 0.5) is 5.69 Å². The van der Waals surface area contributed by atoms with Crippen LogP contribution in [-0.4, -0.2) is 62.8 Å². The molecule has 0 radical (unpaired) electrons. The lowest BCUT2D eigenvalue weighted by Gasteiger charge is -2.34. The highest BCUT2D eigenvalue weighted by atomic mass is 32.1. The summed E-state index contributed by atoms with van der Waals surface area (Å²) in [5.41, 5.74) is 3.20. The average Bonchev–Trinajstić information content (AvgIpc) is 3.01. The van der Waals surface area contributed by atoms with E-state index in [1.165, 1.54) is 5.56 Å². The normalized spacial score (nSPS) is 15.5. The van der Waals surface area contributed by atoms with Crippen LogP contribution in [0.25, 0.3) is 0 Å². The molecule has 1 aromatic heterocycles. The molecule has 0 spiro atoms. The Balaban J connectivity index is 1.47. The minimum atomic E-state index is 0.0348. The van der Waals surface area contributed by atoms with Gasteiger partial charge in [-0.3, -0.25) is 14.6 Å². The van der Waals surface area contributed by atoms with Crippen molar-refractivity contribution in [1.82, 2.24) is 24.1 Å². The van der Waals surface area contributed by atoms with Crippen molar-refractivity contribution < 1.29 is 4.79 Å². The van der Waals surface area contributed by atoms with Crippen LogP contribution in [0, 0.1) is 18.6 Å². The zero-order valence-corrected chi connectivity index (χ0v) is 17.4. The number of hydrogen-bond acceptors (Lipinski definition) is 5. The minimum absolute atomic E-state index is 0.0348. The molecule has 150 valence electrons. The summed E-state index contributed by atoms with van der Waals surface area (Å²) in [5.74, 6) is 0.0348. The van der Waals surface area contributed by atoms with E-state index in [0.29, 0.717) is 24.5 Å². The number of carbonyl (C=O) groups is 1. The zero-order valence-electron chi connectivity index (χ0n) is 16.6. The Morgan fingerprint density at radius 2 is 1.96 bits per heavy atom. The number of hydrogen-bond donors (Lipinski definition) is 1. The standard InChI is InChI=1S/C20H28N6OS/c1-4-8-25-14-21-26(20(25)28)15-24-11-9-23(10-12-24)13-19(27)22-18-7-5-6-16(2)17(18)3/h4-7,14H,1,8-13,15H2,2-3H3,(H,22,27). The highest BCUT2D eigenvalue weighted by Gasteiger charge is 2.20. The van der Waals surface area contributed by atoms with Gasteiger partial charge in [0.1, 0.15) is 6.33 Å². The number of rotatable bonds is 7. The van der Waals surface area contributed by atoms with Crippen molar-refractivity contribution in [2.24, 2.45) is 0 Å². The fraction of sp³-hybridized carbons (Fsp3) is 0.450. The van der Waals surface area contributed by atoms with Gasteiger partial charge in [0.25, 0.3) is 0 Å². The molecule has 2 heterocycles. The Morgan fingerprint density at radius 1 is 1.25 bits per heavy atom. The first-order valence-electron chi connectivity index (χ1n) is 9.52. The molecular weight excluding hydrogens is 372 g/mol. The average molecular weight is 401 g/mol. The van der Waals surface area contributed by atoms with Crippen LogP contribution in [0.3, 0.4) is 0 Å². The van der Waals surface area contributed by atoms with Crippen LogP contribution in [0.5, 0.6) is 0 Å². The van der Waals surface area contributed by atoms with E-state index in [9.17, 15) is 4.79 Å². The highest BCUT2D eigenvalue weighted by Crippen LogP contribution is 2.18. The van der Waals surface area contributed by atoms with E-state index >= 15 is 0 Å². The van der Waals surface area contributed by atoms with Gasteiger partial charge in [-0.25, -0.2) is 4.68 Å². The molecule has 0 unspecified atom stereocenters. The van der Waals surface area contributed by atoms with E-state index in [1.54, 1.807) is 6.33 Å². The minimum Gasteiger partial charge on any atom is -0.325 e. The summed E-state index contributed by atoms with van der Waals surface area (Å²) in [6.07, 6.45) is 3.56. The van der Waals surface area contributed by atoms with E-state index in [2.05, 4.69) is 39.8 Å². The first kappa shape index (κ1) is 20.4. The van der Waals surface area contributed by atoms with Gasteiger partial charge in [0.2, 0.25) is 5.91 Å². The number of aryl methyl sites for hydroxylation is 1. The molecule has 1 aliphatic heterocycles. The summed E-state index contributed by atoms with van der Waals surface area (Å²) < 4.78 is 4.44. The van der Waals surface area contributed by atoms with E-state index in [4.69, 9.17) is 12.2 Å². The SMILES string of the molecule is C=CCn1cnn(CN2CCN(CC(=O)Nc3cccc(C)c3C)CC2)c1=S. The molecule has 0 aliphatic carbocycles. The molecule has 1 amide bonds. The van der Waals surface area contributed by atoms with Crippen molar-refractivity contribution in [3.63, 3.8) is 0 Å². The molecule has 1 aliphatic rings. The van der Waals surface area contributed by atoms with Gasteiger partial charge >= 0.3 is 0 Å². The number of nitrogens with zero attached hydrogens (tertiary/aromatic N) is 5. The Hall–Kier alpha value is -2.29. The van der Waals surface area contributed by atoms with Crippen LogP contribution < -0.4 is 5.32 Å². The molecule has 0 bridgehead atoms. The Morgan fingerprint density at radius 3 is 2.68 bits per heavy atom.